The summed E-state index contributed by atoms with van der Waals surface area (Å²) in [6.45, 7) is 2.29. The Labute approximate surface area is 109 Å². The second-order valence-corrected chi connectivity index (χ2v) is 3.21. The van der Waals surface area contributed by atoms with Crippen molar-refractivity contribution in [2.45, 2.75) is 12.5 Å². The van der Waals surface area contributed by atoms with Gasteiger partial charge in [0.15, 0.2) is 0 Å². The molecule has 100 valence electrons. The highest BCUT2D eigenvalue weighted by Gasteiger charge is 2.13. The molecule has 0 fully saturated rings. The standard InChI is InChI=1S/C9H20N2O3.2ClH/c1-11(6-7-13-2)5-4-8(10)9(12)14-3;;/h8H,4-7,10H2,1-3H3;2*1H. The lowest BCUT2D eigenvalue weighted by molar-refractivity contribution is -0.142. The summed E-state index contributed by atoms with van der Waals surface area (Å²) in [5.74, 6) is -0.356. The first-order valence-corrected chi connectivity index (χ1v) is 4.62. The zero-order valence-electron chi connectivity index (χ0n) is 9.97. The van der Waals surface area contributed by atoms with E-state index in [-0.39, 0.29) is 30.8 Å². The van der Waals surface area contributed by atoms with E-state index in [0.717, 1.165) is 13.1 Å². The van der Waals surface area contributed by atoms with Crippen LogP contribution in [0.1, 0.15) is 6.42 Å². The van der Waals surface area contributed by atoms with Gasteiger partial charge in [-0.25, -0.2) is 0 Å². The van der Waals surface area contributed by atoms with Crippen LogP contribution in [-0.4, -0.2) is 57.9 Å². The van der Waals surface area contributed by atoms with E-state index in [1.807, 2.05) is 7.05 Å². The lowest BCUT2D eigenvalue weighted by Crippen LogP contribution is -2.36. The van der Waals surface area contributed by atoms with Crippen molar-refractivity contribution in [2.75, 3.05) is 41.0 Å². The Morgan fingerprint density at radius 2 is 1.88 bits per heavy atom. The highest BCUT2D eigenvalue weighted by Crippen LogP contribution is 1.94. The van der Waals surface area contributed by atoms with Crippen molar-refractivity contribution >= 4 is 30.8 Å². The van der Waals surface area contributed by atoms with Crippen LogP contribution in [0.2, 0.25) is 0 Å². The third-order valence-corrected chi connectivity index (χ3v) is 2.00. The Bertz CT molecular complexity index is 173. The van der Waals surface area contributed by atoms with Crippen molar-refractivity contribution in [3.8, 4) is 0 Å². The number of nitrogens with zero attached hydrogens (tertiary/aromatic N) is 1. The normalized spacial score (nSPS) is 11.3. The molecule has 5 nitrogen and oxygen atoms in total. The summed E-state index contributed by atoms with van der Waals surface area (Å²) in [4.78, 5) is 13.0. The summed E-state index contributed by atoms with van der Waals surface area (Å²) in [6.07, 6.45) is 0.604. The molecule has 0 aliphatic rings. The van der Waals surface area contributed by atoms with E-state index < -0.39 is 6.04 Å². The molecule has 2 N–H and O–H groups in total. The van der Waals surface area contributed by atoms with Crippen molar-refractivity contribution < 1.29 is 14.3 Å². The quantitative estimate of drug-likeness (QED) is 0.678. The van der Waals surface area contributed by atoms with Crippen molar-refractivity contribution in [1.82, 2.24) is 4.90 Å². The van der Waals surface area contributed by atoms with Crippen LogP contribution < -0.4 is 5.73 Å². The molecule has 0 bridgehead atoms. The molecule has 1 unspecified atom stereocenters. The fourth-order valence-corrected chi connectivity index (χ4v) is 0.988. The average Bonchev–Trinajstić information content (AvgIpc) is 2.21. The van der Waals surface area contributed by atoms with Crippen molar-refractivity contribution in [2.24, 2.45) is 5.73 Å². The topological polar surface area (TPSA) is 64.8 Å². The van der Waals surface area contributed by atoms with Crippen LogP contribution >= 0.6 is 24.8 Å². The van der Waals surface area contributed by atoms with Gasteiger partial charge < -0.3 is 20.1 Å². The number of likely N-dealkylation sites (N-methyl/N-ethyl adjacent to an activating group) is 1. The molecule has 0 spiro atoms. The maximum Gasteiger partial charge on any atom is 0.322 e. The molecule has 0 aromatic rings. The Kier molecular flexibility index (Phi) is 17.3. The Morgan fingerprint density at radius 3 is 2.31 bits per heavy atom. The van der Waals surface area contributed by atoms with Gasteiger partial charge in [0.05, 0.1) is 13.7 Å². The van der Waals surface area contributed by atoms with E-state index in [1.165, 1.54) is 7.11 Å². The molecule has 0 aliphatic heterocycles. The third-order valence-electron chi connectivity index (χ3n) is 2.00. The van der Waals surface area contributed by atoms with Gasteiger partial charge in [-0.05, 0) is 20.0 Å². The lowest BCUT2D eigenvalue weighted by Gasteiger charge is -2.17. The van der Waals surface area contributed by atoms with Gasteiger partial charge in [0, 0.05) is 13.7 Å². The number of carbonyl (C=O) groups excluding carboxylic acids is 1. The Balaban J connectivity index is -0.000000845. The number of esters is 1. The molecule has 0 aromatic carbocycles. The first kappa shape index (κ1) is 21.2. The molecule has 0 saturated heterocycles. The number of carbonyl (C=O) groups is 1. The van der Waals surface area contributed by atoms with Crippen LogP contribution in [0.25, 0.3) is 0 Å². The van der Waals surface area contributed by atoms with Crippen molar-refractivity contribution in [3.05, 3.63) is 0 Å². The first-order valence-electron chi connectivity index (χ1n) is 4.62. The summed E-state index contributed by atoms with van der Waals surface area (Å²) < 4.78 is 9.44. The summed E-state index contributed by atoms with van der Waals surface area (Å²) >= 11 is 0. The molecule has 0 aromatic heterocycles. The second-order valence-electron chi connectivity index (χ2n) is 3.21. The van der Waals surface area contributed by atoms with E-state index in [4.69, 9.17) is 10.5 Å². The third kappa shape index (κ3) is 10.4. The number of rotatable bonds is 7. The van der Waals surface area contributed by atoms with Gasteiger partial charge in [0.25, 0.3) is 0 Å². The number of hydrogen-bond donors (Lipinski definition) is 1. The Morgan fingerprint density at radius 1 is 1.31 bits per heavy atom. The van der Waals surface area contributed by atoms with E-state index in [9.17, 15) is 4.79 Å². The zero-order chi connectivity index (χ0) is 11.0. The highest BCUT2D eigenvalue weighted by atomic mass is 35.5. The molecular formula is C9H22Cl2N2O3. The molecule has 0 amide bonds. The molecule has 0 heterocycles. The van der Waals surface area contributed by atoms with Crippen LogP contribution in [0.15, 0.2) is 0 Å². The van der Waals surface area contributed by atoms with Gasteiger partial charge in [-0.2, -0.15) is 0 Å². The van der Waals surface area contributed by atoms with Gasteiger partial charge in [-0.3, -0.25) is 4.79 Å². The summed E-state index contributed by atoms with van der Waals surface area (Å²) in [7, 11) is 4.97. The predicted molar refractivity (Wildman–Crippen MR) is 68.5 cm³/mol. The highest BCUT2D eigenvalue weighted by molar-refractivity contribution is 5.85. The minimum atomic E-state index is -0.523. The summed E-state index contributed by atoms with van der Waals surface area (Å²) in [5.41, 5.74) is 5.57. The Hall–Kier alpha value is -0.0700. The van der Waals surface area contributed by atoms with Crippen molar-refractivity contribution in [3.63, 3.8) is 0 Å². The van der Waals surface area contributed by atoms with Gasteiger partial charge in [0.1, 0.15) is 6.04 Å². The minimum Gasteiger partial charge on any atom is -0.468 e. The van der Waals surface area contributed by atoms with Crippen LogP contribution in [0, 0.1) is 0 Å². The van der Waals surface area contributed by atoms with E-state index in [2.05, 4.69) is 9.64 Å². The molecule has 0 aliphatic carbocycles. The second kappa shape index (κ2) is 13.0. The lowest BCUT2D eigenvalue weighted by atomic mass is 10.2. The molecule has 0 radical (unpaired) electrons. The van der Waals surface area contributed by atoms with Crippen LogP contribution in [0.4, 0.5) is 0 Å². The number of nitrogens with two attached hydrogens (primary N) is 1. The molecular weight excluding hydrogens is 255 g/mol. The van der Waals surface area contributed by atoms with Gasteiger partial charge in [-0.1, -0.05) is 0 Å². The first-order chi connectivity index (χ1) is 6.61. The monoisotopic (exact) mass is 276 g/mol. The van der Waals surface area contributed by atoms with Gasteiger partial charge in [0.2, 0.25) is 0 Å². The predicted octanol–water partition coefficient (Wildman–Crippen LogP) is 0.299. The smallest absolute Gasteiger partial charge is 0.322 e. The van der Waals surface area contributed by atoms with Crippen molar-refractivity contribution in [1.29, 1.82) is 0 Å². The summed E-state index contributed by atoms with van der Waals surface area (Å²) in [6, 6.07) is -0.523. The number of methoxy groups -OCH3 is 2. The minimum absolute atomic E-state index is 0. The van der Waals surface area contributed by atoms with Crippen LogP contribution in [-0.2, 0) is 14.3 Å². The SMILES string of the molecule is COCCN(C)CCC(N)C(=O)OC.Cl.Cl. The number of halogens is 2. The molecule has 1 atom stereocenters. The summed E-state index contributed by atoms with van der Waals surface area (Å²) in [5, 5.41) is 0. The fraction of sp³-hybridized carbons (Fsp3) is 0.889. The molecule has 16 heavy (non-hydrogen) atoms. The van der Waals surface area contributed by atoms with Crippen LogP contribution in [0.5, 0.6) is 0 Å². The molecule has 0 rings (SSSR count). The van der Waals surface area contributed by atoms with E-state index in [0.29, 0.717) is 13.0 Å². The average molecular weight is 277 g/mol. The maximum absolute atomic E-state index is 10.9. The maximum atomic E-state index is 10.9. The molecule has 7 heteroatoms. The van der Waals surface area contributed by atoms with Crippen LogP contribution in [0.3, 0.4) is 0 Å². The fourth-order valence-electron chi connectivity index (χ4n) is 0.988. The van der Waals surface area contributed by atoms with Gasteiger partial charge in [-0.15, -0.1) is 24.8 Å². The number of hydrogen-bond acceptors (Lipinski definition) is 5. The van der Waals surface area contributed by atoms with E-state index in [1.54, 1.807) is 7.11 Å². The zero-order valence-corrected chi connectivity index (χ0v) is 11.6. The largest absolute Gasteiger partial charge is 0.468 e. The van der Waals surface area contributed by atoms with Gasteiger partial charge >= 0.3 is 5.97 Å². The number of ether oxygens (including phenoxy) is 2. The molecule has 0 saturated carbocycles. The van der Waals surface area contributed by atoms with E-state index >= 15 is 0 Å².